The first-order chi connectivity index (χ1) is 45.8. The molecule has 1 aromatic carbocycles. The fourth-order valence-electron chi connectivity index (χ4n) is 14.2. The lowest BCUT2D eigenvalue weighted by molar-refractivity contribution is -0.155. The van der Waals surface area contributed by atoms with E-state index in [1.807, 2.05) is 27.7 Å². The summed E-state index contributed by atoms with van der Waals surface area (Å²) in [7, 11) is 11.5. The highest BCUT2D eigenvalue weighted by molar-refractivity contribution is 6.31. The predicted octanol–water partition coefficient (Wildman–Crippen LogP) is 4.95. The maximum Gasteiger partial charge on any atom is 0.417 e. The van der Waals surface area contributed by atoms with Gasteiger partial charge in [-0.15, -0.1) is 0 Å². The molecule has 1 aromatic rings. The molecule has 2 aliphatic heterocycles. The third kappa shape index (κ3) is 20.3. The van der Waals surface area contributed by atoms with Gasteiger partial charge in [0.2, 0.25) is 59.1 Å². The van der Waals surface area contributed by atoms with E-state index in [1.54, 1.807) is 25.7 Å². The number of halogens is 4. The smallest absolute Gasteiger partial charge is 0.347 e. The number of rotatable bonds is 14. The second kappa shape index (κ2) is 35.5. The molecule has 0 spiro atoms. The highest BCUT2D eigenvalue weighted by atomic mass is 35.5. The molecule has 550 valence electrons. The number of likely N-dealkylation sites (N-methyl/N-ethyl adjacent to an activating group) is 7. The molecule has 10 amide bonds. The Kier molecular flexibility index (Phi) is 29.7. The molecule has 11 atom stereocenters. The maximum atomic E-state index is 15.4. The van der Waals surface area contributed by atoms with Gasteiger partial charge < -0.3 is 65.2 Å². The number of hydrogen-bond donors (Lipinski definition) is 4. The molecule has 2 aliphatic carbocycles. The van der Waals surface area contributed by atoms with Crippen molar-refractivity contribution in [3.05, 3.63) is 34.3 Å². The molecule has 0 aromatic heterocycles. The van der Waals surface area contributed by atoms with Crippen LogP contribution in [0.2, 0.25) is 5.02 Å². The van der Waals surface area contributed by atoms with Crippen molar-refractivity contribution in [3.8, 4) is 0 Å². The van der Waals surface area contributed by atoms with Crippen LogP contribution in [-0.4, -0.2) is 253 Å². The molecule has 4 N–H and O–H groups in total. The number of carbonyl (C=O) groups excluding carboxylic acids is 12. The van der Waals surface area contributed by atoms with Crippen LogP contribution in [0.25, 0.3) is 0 Å². The lowest BCUT2D eigenvalue weighted by Crippen LogP contribution is -2.67. The van der Waals surface area contributed by atoms with Crippen LogP contribution in [0.5, 0.6) is 0 Å². The van der Waals surface area contributed by atoms with Crippen LogP contribution in [-0.2, 0) is 70.1 Å². The van der Waals surface area contributed by atoms with E-state index in [9.17, 15) is 51.5 Å². The van der Waals surface area contributed by atoms with Crippen LogP contribution in [0.4, 0.5) is 13.2 Å². The summed E-state index contributed by atoms with van der Waals surface area (Å²) in [6.45, 7) is 13.1. The van der Waals surface area contributed by atoms with Crippen LogP contribution in [0.1, 0.15) is 163 Å². The zero-order chi connectivity index (χ0) is 73.6. The molecule has 4 fully saturated rings. The molecule has 98 heavy (non-hydrogen) atoms. The predicted molar refractivity (Wildman–Crippen MR) is 364 cm³/mol. The number of carbonyl (C=O) groups is 12. The summed E-state index contributed by atoms with van der Waals surface area (Å²) in [5.74, 6) is -8.47. The summed E-state index contributed by atoms with van der Waals surface area (Å²) >= 11 is 6.09. The molecule has 2 saturated carbocycles. The zero-order valence-corrected chi connectivity index (χ0v) is 61.3. The number of nitrogens with one attached hydrogen (secondary N) is 4. The summed E-state index contributed by atoms with van der Waals surface area (Å²) in [6.07, 6.45) is 3.56. The molecule has 0 radical (unpaired) electrons. The van der Waals surface area contributed by atoms with Crippen molar-refractivity contribution in [2.24, 2.45) is 29.6 Å². The number of fused-ring (bicyclic) bond motifs is 1. The zero-order valence-electron chi connectivity index (χ0n) is 60.5. The first-order valence-electron chi connectivity index (χ1n) is 34.8. The molecular weight excluding hydrogens is 1290 g/mol. The molecular formula is C70H110ClF3N12O12. The molecule has 4 aliphatic rings. The van der Waals surface area contributed by atoms with E-state index in [-0.39, 0.29) is 56.2 Å². The minimum absolute atomic E-state index is 0.0403. The quantitative estimate of drug-likeness (QED) is 0.180. The van der Waals surface area contributed by atoms with Crippen molar-refractivity contribution in [3.63, 3.8) is 0 Å². The molecule has 2 heterocycles. The fourth-order valence-corrected chi connectivity index (χ4v) is 14.5. The second-order valence-corrected chi connectivity index (χ2v) is 29.7. The normalized spacial score (nSPS) is 28.7. The molecule has 0 bridgehead atoms. The first kappa shape index (κ1) is 81.9. The number of aryl methyl sites for hydroxylation is 1. The third-order valence-corrected chi connectivity index (χ3v) is 21.3. The summed E-state index contributed by atoms with van der Waals surface area (Å²) < 4.78 is 41.3. The summed E-state index contributed by atoms with van der Waals surface area (Å²) in [6, 6.07) is -6.78. The number of hydrogen-bond acceptors (Lipinski definition) is 14. The number of alkyl halides is 3. The van der Waals surface area contributed by atoms with Gasteiger partial charge in [0.25, 0.3) is 0 Å². The first-order valence-corrected chi connectivity index (χ1v) is 35.1. The van der Waals surface area contributed by atoms with E-state index in [0.29, 0.717) is 57.6 Å². The number of benzene rings is 1. The Hall–Kier alpha value is -6.74. The standard InChI is InChI=1S/C70H110ClF3N12O12/c1-17-44(6)58-66(97)85(16)68(8,40-87)39-86-32-31-52(86)64(95)81(12)53(34-46-23-19-18-20-24-46)63(94)80(11)37-55(89)77-51(30-28-47-27-29-49(50(71)33-47)70(72,73)74)61(92)76-45(7)60(91)78-57(43(4)5)65(96)83(14)59(48-25-21-22-26-48)67(98)82(13)54(62(93)79(9)10)35-56(90)84(15)69(41-88,38-75-58)36-42(2)3/h27,29,33,40-46,48,51-54,57-59,75H,17-26,28,30-32,34-39H2,1-16H3,(H,76,92)(H,77,89)(H,78,91)/t44-,45+,51-,52-,53-,54-,57-,58-,59-,68+,69+/m0/s1. The van der Waals surface area contributed by atoms with E-state index < -0.39 is 166 Å². The van der Waals surface area contributed by atoms with Gasteiger partial charge in [0, 0.05) is 76.0 Å². The van der Waals surface area contributed by atoms with Gasteiger partial charge in [-0.1, -0.05) is 111 Å². The fraction of sp³-hybridized carbons (Fsp3) is 0.743. The van der Waals surface area contributed by atoms with Crippen molar-refractivity contribution < 1.29 is 70.7 Å². The van der Waals surface area contributed by atoms with Crippen LogP contribution in [0.15, 0.2) is 18.2 Å². The van der Waals surface area contributed by atoms with Gasteiger partial charge in [0.05, 0.1) is 35.6 Å². The van der Waals surface area contributed by atoms with Crippen molar-refractivity contribution >= 4 is 83.2 Å². The molecule has 28 heteroatoms. The Morgan fingerprint density at radius 2 is 1.37 bits per heavy atom. The third-order valence-electron chi connectivity index (χ3n) is 21.0. The van der Waals surface area contributed by atoms with E-state index in [0.717, 1.165) is 54.0 Å². The van der Waals surface area contributed by atoms with Crippen molar-refractivity contribution in [1.82, 2.24) is 60.5 Å². The topological polar surface area (TPSA) is 279 Å². The SMILES string of the molecule is CC[C@H](C)[C@@H]1NC[C@@](C=O)(CC(C)C)N(C)C(=O)C[C@@H](C(=O)N(C)C)N(C)C(=O)[C@H](C2CCCC2)N(C)C(=O)[C@H](C(C)C)NC(=O)[C@@H](C)NC(=O)[C@H](CCc2ccc(C(F)(F)F)c(Cl)c2)NC(=O)CN(C)C(=O)[C@H](CC2CCCCC2)N(C)C(=O)[C@@H]2CCN2C[C@](C)(C=O)N(C)C1=O. The largest absolute Gasteiger partial charge is 0.417 e. The second-order valence-electron chi connectivity index (χ2n) is 29.3. The Balaban J connectivity index is 1.63. The van der Waals surface area contributed by atoms with Crippen molar-refractivity contribution in [2.75, 3.05) is 82.6 Å². The molecule has 2 saturated heterocycles. The highest BCUT2D eigenvalue weighted by Gasteiger charge is 2.49. The molecule has 5 rings (SSSR count). The summed E-state index contributed by atoms with van der Waals surface area (Å²) in [4.78, 5) is 186. The monoisotopic (exact) mass is 1400 g/mol. The van der Waals surface area contributed by atoms with Crippen molar-refractivity contribution in [1.29, 1.82) is 0 Å². The Morgan fingerprint density at radius 1 is 0.745 bits per heavy atom. The summed E-state index contributed by atoms with van der Waals surface area (Å²) in [5.41, 5.74) is -4.01. The number of amides is 10. The number of nitrogens with zero attached hydrogens (tertiary/aromatic N) is 8. The van der Waals surface area contributed by atoms with Gasteiger partial charge in [-0.05, 0) is 106 Å². The Labute approximate surface area is 582 Å². The van der Waals surface area contributed by atoms with Gasteiger partial charge in [0.15, 0.2) is 0 Å². The highest BCUT2D eigenvalue weighted by Crippen LogP contribution is 2.37. The van der Waals surface area contributed by atoms with E-state index in [2.05, 4.69) is 21.3 Å². The van der Waals surface area contributed by atoms with Crippen LogP contribution < -0.4 is 21.3 Å². The lowest BCUT2D eigenvalue weighted by atomic mass is 9.84. The van der Waals surface area contributed by atoms with Gasteiger partial charge >= 0.3 is 6.18 Å². The average molecular weight is 1400 g/mol. The van der Waals surface area contributed by atoms with E-state index in [1.165, 1.54) is 93.9 Å². The number of aldehydes is 2. The van der Waals surface area contributed by atoms with Gasteiger partial charge in [0.1, 0.15) is 59.9 Å². The van der Waals surface area contributed by atoms with E-state index in [4.69, 9.17) is 11.6 Å². The minimum atomic E-state index is -4.76. The van der Waals surface area contributed by atoms with Crippen molar-refractivity contribution in [2.45, 2.75) is 224 Å². The lowest BCUT2D eigenvalue weighted by Gasteiger charge is -2.48. The maximum absolute atomic E-state index is 15.4. The van der Waals surface area contributed by atoms with Gasteiger partial charge in [-0.3, -0.25) is 52.8 Å². The van der Waals surface area contributed by atoms with Crippen LogP contribution >= 0.6 is 11.6 Å². The summed E-state index contributed by atoms with van der Waals surface area (Å²) in [5, 5.41) is 10.7. The Morgan fingerprint density at radius 3 is 1.90 bits per heavy atom. The minimum Gasteiger partial charge on any atom is -0.347 e. The molecule has 24 nitrogen and oxygen atoms in total. The van der Waals surface area contributed by atoms with Crippen LogP contribution in [0, 0.1) is 29.6 Å². The van der Waals surface area contributed by atoms with Gasteiger partial charge in [-0.2, -0.15) is 13.2 Å². The Bertz CT molecular complexity index is 3020. The average Bonchev–Trinajstić information content (AvgIpc) is 1.25. The molecule has 0 unspecified atom stereocenters. The van der Waals surface area contributed by atoms with E-state index >= 15 is 19.2 Å². The van der Waals surface area contributed by atoms with Crippen LogP contribution in [0.3, 0.4) is 0 Å². The van der Waals surface area contributed by atoms with Gasteiger partial charge in [-0.25, -0.2) is 0 Å².